The molecule has 2 aromatic heterocycles. The Hall–Kier alpha value is -3.07. The third kappa shape index (κ3) is 4.76. The van der Waals surface area contributed by atoms with Crippen molar-refractivity contribution >= 4 is 22.9 Å². The molecule has 0 saturated heterocycles. The zero-order valence-corrected chi connectivity index (χ0v) is 15.8. The molecule has 1 aromatic carbocycles. The first-order chi connectivity index (χ1) is 12.9. The molecule has 0 spiro atoms. The van der Waals surface area contributed by atoms with Gasteiger partial charge in [0, 0.05) is 36.2 Å². The number of thiazole rings is 1. The van der Waals surface area contributed by atoms with E-state index in [1.165, 1.54) is 23.5 Å². The number of aromatic nitrogens is 3. The summed E-state index contributed by atoms with van der Waals surface area (Å²) in [6, 6.07) is 7.99. The number of nitro groups is 1. The Balaban J connectivity index is 1.49. The molecular weight excluding hydrogens is 366 g/mol. The van der Waals surface area contributed by atoms with Gasteiger partial charge < -0.3 is 5.32 Å². The van der Waals surface area contributed by atoms with E-state index < -0.39 is 4.92 Å². The molecule has 8 nitrogen and oxygen atoms in total. The van der Waals surface area contributed by atoms with Gasteiger partial charge in [0.15, 0.2) is 0 Å². The number of benzene rings is 1. The van der Waals surface area contributed by atoms with Gasteiger partial charge in [-0.2, -0.15) is 5.10 Å². The quantitative estimate of drug-likeness (QED) is 0.498. The van der Waals surface area contributed by atoms with Crippen molar-refractivity contribution in [2.24, 2.45) is 0 Å². The topological polar surface area (TPSA) is 103 Å². The second kappa shape index (κ2) is 8.09. The molecule has 2 heterocycles. The molecule has 140 valence electrons. The fourth-order valence-corrected chi connectivity index (χ4v) is 3.51. The van der Waals surface area contributed by atoms with Gasteiger partial charge in [-0.25, -0.2) is 9.67 Å². The zero-order valence-electron chi connectivity index (χ0n) is 15.0. The van der Waals surface area contributed by atoms with Crippen LogP contribution in [0.3, 0.4) is 0 Å². The number of carbonyl (C=O) groups is 1. The molecule has 1 N–H and O–H groups in total. The van der Waals surface area contributed by atoms with E-state index in [-0.39, 0.29) is 18.0 Å². The molecule has 0 unspecified atom stereocenters. The monoisotopic (exact) mass is 385 g/mol. The Bertz CT molecular complexity index is 962. The predicted octanol–water partition coefficient (Wildman–Crippen LogP) is 2.76. The maximum absolute atomic E-state index is 12.0. The van der Waals surface area contributed by atoms with Crippen LogP contribution in [0.25, 0.3) is 5.13 Å². The number of aryl methyl sites for hydroxylation is 2. The summed E-state index contributed by atoms with van der Waals surface area (Å²) in [5.74, 6) is -0.127. The number of carbonyl (C=O) groups excluding carboxylic acids is 1. The summed E-state index contributed by atoms with van der Waals surface area (Å²) in [5, 5.41) is 20.7. The van der Waals surface area contributed by atoms with E-state index in [9.17, 15) is 14.9 Å². The first-order valence-electron chi connectivity index (χ1n) is 8.40. The molecule has 0 aliphatic heterocycles. The molecule has 0 aliphatic carbocycles. The molecular formula is C18H19N5O3S. The Kier molecular flexibility index (Phi) is 5.60. The summed E-state index contributed by atoms with van der Waals surface area (Å²) in [6.07, 6.45) is 0.813. The van der Waals surface area contributed by atoms with Gasteiger partial charge in [0.2, 0.25) is 11.0 Å². The highest BCUT2D eigenvalue weighted by molar-refractivity contribution is 7.12. The highest BCUT2D eigenvalue weighted by atomic mass is 32.1. The largest absolute Gasteiger partial charge is 0.355 e. The van der Waals surface area contributed by atoms with E-state index in [0.717, 1.165) is 27.8 Å². The Morgan fingerprint density at radius 1 is 1.30 bits per heavy atom. The van der Waals surface area contributed by atoms with Gasteiger partial charge >= 0.3 is 0 Å². The van der Waals surface area contributed by atoms with Crippen molar-refractivity contribution in [2.75, 3.05) is 6.54 Å². The fourth-order valence-electron chi connectivity index (χ4n) is 2.64. The number of nitro benzene ring substituents is 1. The van der Waals surface area contributed by atoms with Crippen LogP contribution in [-0.2, 0) is 17.6 Å². The number of nitrogens with one attached hydrogen (secondary N) is 1. The number of nitrogens with zero attached hydrogens (tertiary/aromatic N) is 4. The molecule has 0 bridgehead atoms. The maximum Gasteiger partial charge on any atom is 0.269 e. The van der Waals surface area contributed by atoms with E-state index in [2.05, 4.69) is 15.4 Å². The van der Waals surface area contributed by atoms with Crippen molar-refractivity contribution in [3.05, 3.63) is 68.5 Å². The predicted molar refractivity (Wildman–Crippen MR) is 102 cm³/mol. The average Bonchev–Trinajstić information content (AvgIpc) is 3.21. The Morgan fingerprint density at radius 2 is 2.04 bits per heavy atom. The molecule has 0 saturated carbocycles. The summed E-state index contributed by atoms with van der Waals surface area (Å²) in [7, 11) is 0. The number of hydrogen-bond acceptors (Lipinski definition) is 6. The lowest BCUT2D eigenvalue weighted by Gasteiger charge is -2.04. The number of amides is 1. The number of non-ortho nitro benzene ring substituents is 1. The lowest BCUT2D eigenvalue weighted by atomic mass is 10.1. The Morgan fingerprint density at radius 3 is 2.67 bits per heavy atom. The second-order valence-electron chi connectivity index (χ2n) is 6.16. The van der Waals surface area contributed by atoms with Gasteiger partial charge in [0.05, 0.1) is 22.7 Å². The molecule has 27 heavy (non-hydrogen) atoms. The van der Waals surface area contributed by atoms with Crippen LogP contribution in [0.5, 0.6) is 0 Å². The molecule has 1 amide bonds. The van der Waals surface area contributed by atoms with Crippen LogP contribution in [0.1, 0.15) is 22.6 Å². The molecule has 0 aliphatic rings. The smallest absolute Gasteiger partial charge is 0.269 e. The summed E-state index contributed by atoms with van der Waals surface area (Å²) < 4.78 is 1.82. The summed E-state index contributed by atoms with van der Waals surface area (Å²) >= 11 is 1.52. The van der Waals surface area contributed by atoms with E-state index in [0.29, 0.717) is 13.0 Å². The fraction of sp³-hybridized carbons (Fsp3) is 0.278. The van der Waals surface area contributed by atoms with E-state index >= 15 is 0 Å². The summed E-state index contributed by atoms with van der Waals surface area (Å²) in [4.78, 5) is 26.8. The average molecular weight is 385 g/mol. The van der Waals surface area contributed by atoms with Gasteiger partial charge in [-0.05, 0) is 25.5 Å². The van der Waals surface area contributed by atoms with Gasteiger partial charge in [0.1, 0.15) is 0 Å². The third-order valence-corrected chi connectivity index (χ3v) is 4.81. The first-order valence-corrected chi connectivity index (χ1v) is 9.28. The van der Waals surface area contributed by atoms with Crippen molar-refractivity contribution in [3.8, 4) is 5.13 Å². The third-order valence-electron chi connectivity index (χ3n) is 3.95. The van der Waals surface area contributed by atoms with Crippen molar-refractivity contribution in [1.82, 2.24) is 20.1 Å². The summed E-state index contributed by atoms with van der Waals surface area (Å²) in [5.41, 5.74) is 3.63. The molecule has 3 rings (SSSR count). The van der Waals surface area contributed by atoms with Crippen molar-refractivity contribution in [3.63, 3.8) is 0 Å². The van der Waals surface area contributed by atoms with Crippen molar-refractivity contribution < 1.29 is 9.72 Å². The molecule has 0 fully saturated rings. The van der Waals surface area contributed by atoms with Crippen molar-refractivity contribution in [1.29, 1.82) is 0 Å². The van der Waals surface area contributed by atoms with Gasteiger partial charge in [-0.15, -0.1) is 11.3 Å². The molecule has 0 radical (unpaired) electrons. The zero-order chi connectivity index (χ0) is 19.4. The van der Waals surface area contributed by atoms with Crippen LogP contribution < -0.4 is 5.32 Å². The lowest BCUT2D eigenvalue weighted by Crippen LogP contribution is -2.27. The van der Waals surface area contributed by atoms with Crippen LogP contribution in [0.2, 0.25) is 0 Å². The number of rotatable bonds is 7. The highest BCUT2D eigenvalue weighted by Crippen LogP contribution is 2.17. The van der Waals surface area contributed by atoms with E-state index in [1.807, 2.05) is 30.0 Å². The van der Waals surface area contributed by atoms with Crippen LogP contribution in [0.15, 0.2) is 35.7 Å². The normalized spacial score (nSPS) is 10.7. The highest BCUT2D eigenvalue weighted by Gasteiger charge is 2.10. The number of hydrogen-bond donors (Lipinski definition) is 1. The lowest BCUT2D eigenvalue weighted by molar-refractivity contribution is -0.384. The van der Waals surface area contributed by atoms with E-state index in [1.54, 1.807) is 12.1 Å². The van der Waals surface area contributed by atoms with Crippen LogP contribution >= 0.6 is 11.3 Å². The summed E-state index contributed by atoms with van der Waals surface area (Å²) in [6.45, 7) is 4.41. The minimum Gasteiger partial charge on any atom is -0.355 e. The van der Waals surface area contributed by atoms with Gasteiger partial charge in [-0.3, -0.25) is 14.9 Å². The maximum atomic E-state index is 12.0. The standard InChI is InChI=1S/C18H19N5O3S/c1-12-9-13(2)22(21-12)18-20-15(11-27-18)7-8-19-17(24)10-14-3-5-16(6-4-14)23(25)26/h3-6,9,11H,7-8,10H2,1-2H3,(H,19,24). The van der Waals surface area contributed by atoms with Crippen LogP contribution in [-0.4, -0.2) is 32.1 Å². The van der Waals surface area contributed by atoms with Crippen molar-refractivity contribution in [2.45, 2.75) is 26.7 Å². The minimum absolute atomic E-state index is 0.0149. The second-order valence-corrected chi connectivity index (χ2v) is 7.00. The molecule has 3 aromatic rings. The molecule has 9 heteroatoms. The SMILES string of the molecule is Cc1cc(C)n(-c2nc(CCNC(=O)Cc3ccc([N+](=O)[O-])cc3)cs2)n1. The van der Waals surface area contributed by atoms with Crippen LogP contribution in [0.4, 0.5) is 5.69 Å². The van der Waals surface area contributed by atoms with Crippen LogP contribution in [0, 0.1) is 24.0 Å². The van der Waals surface area contributed by atoms with E-state index in [4.69, 9.17) is 0 Å². The first kappa shape index (κ1) is 18.7. The van der Waals surface area contributed by atoms with Gasteiger partial charge in [-0.1, -0.05) is 12.1 Å². The Labute approximate surface area is 160 Å². The minimum atomic E-state index is -0.460. The molecule has 0 atom stereocenters. The van der Waals surface area contributed by atoms with Gasteiger partial charge in [0.25, 0.3) is 5.69 Å².